The first-order valence-corrected chi connectivity index (χ1v) is 6.80. The SMILES string of the molecule is O=C1CCCCC(CNC(=O)c2ccsc2)N1. The van der Waals surface area contributed by atoms with Crippen molar-refractivity contribution in [1.29, 1.82) is 0 Å². The number of amides is 2. The predicted molar refractivity (Wildman–Crippen MR) is 67.1 cm³/mol. The minimum Gasteiger partial charge on any atom is -0.352 e. The lowest BCUT2D eigenvalue weighted by atomic mass is 10.1. The molecule has 0 saturated carbocycles. The van der Waals surface area contributed by atoms with Gasteiger partial charge in [0.2, 0.25) is 5.91 Å². The fourth-order valence-electron chi connectivity index (χ4n) is 1.91. The Kier molecular flexibility index (Phi) is 4.14. The summed E-state index contributed by atoms with van der Waals surface area (Å²) in [5, 5.41) is 9.48. The molecule has 1 unspecified atom stereocenters. The van der Waals surface area contributed by atoms with Gasteiger partial charge in [-0.05, 0) is 24.3 Å². The van der Waals surface area contributed by atoms with Gasteiger partial charge in [-0.25, -0.2) is 0 Å². The average Bonchev–Trinajstić information content (AvgIpc) is 2.77. The zero-order valence-electron chi connectivity index (χ0n) is 9.57. The van der Waals surface area contributed by atoms with Gasteiger partial charge in [-0.2, -0.15) is 11.3 Å². The van der Waals surface area contributed by atoms with E-state index in [2.05, 4.69) is 10.6 Å². The van der Waals surface area contributed by atoms with Crippen LogP contribution in [0.15, 0.2) is 16.8 Å². The molecule has 1 atom stereocenters. The van der Waals surface area contributed by atoms with Gasteiger partial charge in [0.05, 0.1) is 0 Å². The number of thiophene rings is 1. The van der Waals surface area contributed by atoms with Crippen molar-refractivity contribution in [2.24, 2.45) is 0 Å². The van der Waals surface area contributed by atoms with Crippen LogP contribution >= 0.6 is 11.3 Å². The van der Waals surface area contributed by atoms with Crippen molar-refractivity contribution in [1.82, 2.24) is 10.6 Å². The standard InChI is InChI=1S/C12H16N2O2S/c15-11-4-2-1-3-10(14-11)7-13-12(16)9-5-6-17-8-9/h5-6,8,10H,1-4,7H2,(H,13,16)(H,14,15). The molecule has 0 spiro atoms. The highest BCUT2D eigenvalue weighted by molar-refractivity contribution is 7.08. The summed E-state index contributed by atoms with van der Waals surface area (Å²) in [5.74, 6) is 0.0297. The second-order valence-corrected chi connectivity index (χ2v) is 5.01. The Morgan fingerprint density at radius 3 is 3.18 bits per heavy atom. The number of carbonyl (C=O) groups excluding carboxylic acids is 2. The third-order valence-corrected chi connectivity index (χ3v) is 3.55. The predicted octanol–water partition coefficient (Wildman–Crippen LogP) is 1.54. The van der Waals surface area contributed by atoms with Crippen molar-refractivity contribution < 1.29 is 9.59 Å². The summed E-state index contributed by atoms with van der Waals surface area (Å²) in [6.45, 7) is 0.514. The Balaban J connectivity index is 1.81. The first kappa shape index (κ1) is 12.1. The number of rotatable bonds is 3. The normalized spacial score (nSPS) is 20.5. The van der Waals surface area contributed by atoms with Crippen LogP contribution in [0.2, 0.25) is 0 Å². The molecule has 1 aromatic heterocycles. The molecule has 5 heteroatoms. The lowest BCUT2D eigenvalue weighted by molar-refractivity contribution is -0.121. The van der Waals surface area contributed by atoms with E-state index in [0.29, 0.717) is 18.5 Å². The van der Waals surface area contributed by atoms with Crippen LogP contribution < -0.4 is 10.6 Å². The molecule has 1 saturated heterocycles. The van der Waals surface area contributed by atoms with E-state index in [4.69, 9.17) is 0 Å². The van der Waals surface area contributed by atoms with Crippen LogP contribution in [0.25, 0.3) is 0 Å². The van der Waals surface area contributed by atoms with Crippen LogP contribution in [0, 0.1) is 0 Å². The number of hydrogen-bond acceptors (Lipinski definition) is 3. The van der Waals surface area contributed by atoms with Crippen molar-refractivity contribution in [2.45, 2.75) is 31.7 Å². The average molecular weight is 252 g/mol. The Labute approximate surface area is 104 Å². The maximum absolute atomic E-state index is 11.7. The second kappa shape index (κ2) is 5.82. The first-order valence-electron chi connectivity index (χ1n) is 5.85. The maximum Gasteiger partial charge on any atom is 0.252 e. The molecule has 1 aliphatic heterocycles. The van der Waals surface area contributed by atoms with Crippen molar-refractivity contribution in [3.05, 3.63) is 22.4 Å². The topological polar surface area (TPSA) is 58.2 Å². The van der Waals surface area contributed by atoms with Crippen molar-refractivity contribution >= 4 is 23.2 Å². The van der Waals surface area contributed by atoms with E-state index in [9.17, 15) is 9.59 Å². The molecular weight excluding hydrogens is 236 g/mol. The molecule has 1 aliphatic rings. The van der Waals surface area contributed by atoms with Gasteiger partial charge in [0.1, 0.15) is 0 Å². The summed E-state index contributed by atoms with van der Waals surface area (Å²) in [6.07, 6.45) is 3.53. The quantitative estimate of drug-likeness (QED) is 0.857. The van der Waals surface area contributed by atoms with E-state index in [1.807, 2.05) is 10.8 Å². The molecule has 1 fully saturated rings. The van der Waals surface area contributed by atoms with Crippen molar-refractivity contribution in [3.8, 4) is 0 Å². The highest BCUT2D eigenvalue weighted by atomic mass is 32.1. The summed E-state index contributed by atoms with van der Waals surface area (Å²) in [6, 6.07) is 1.87. The van der Waals surface area contributed by atoms with E-state index in [-0.39, 0.29) is 17.9 Å². The summed E-state index contributed by atoms with van der Waals surface area (Å²) in [4.78, 5) is 23.0. The molecule has 2 heterocycles. The van der Waals surface area contributed by atoms with E-state index in [1.54, 1.807) is 6.07 Å². The van der Waals surface area contributed by atoms with Crippen molar-refractivity contribution in [3.63, 3.8) is 0 Å². The van der Waals surface area contributed by atoms with Gasteiger partial charge in [-0.15, -0.1) is 0 Å². The Morgan fingerprint density at radius 2 is 2.41 bits per heavy atom. The van der Waals surface area contributed by atoms with Crippen LogP contribution in [0.5, 0.6) is 0 Å². The molecular formula is C12H16N2O2S. The monoisotopic (exact) mass is 252 g/mol. The zero-order valence-corrected chi connectivity index (χ0v) is 10.4. The minimum atomic E-state index is -0.0651. The van der Waals surface area contributed by atoms with Gasteiger partial charge in [-0.1, -0.05) is 6.42 Å². The maximum atomic E-state index is 11.7. The summed E-state index contributed by atoms with van der Waals surface area (Å²) < 4.78 is 0. The zero-order chi connectivity index (χ0) is 12.1. The van der Waals surface area contributed by atoms with Crippen LogP contribution in [0.3, 0.4) is 0 Å². The largest absolute Gasteiger partial charge is 0.352 e. The summed E-state index contributed by atoms with van der Waals surface area (Å²) in [7, 11) is 0. The van der Waals surface area contributed by atoms with Gasteiger partial charge in [0.15, 0.2) is 0 Å². The van der Waals surface area contributed by atoms with Crippen LogP contribution in [0.1, 0.15) is 36.0 Å². The van der Waals surface area contributed by atoms with E-state index in [1.165, 1.54) is 11.3 Å². The molecule has 0 aliphatic carbocycles. The molecule has 0 bridgehead atoms. The van der Waals surface area contributed by atoms with Crippen molar-refractivity contribution in [2.75, 3.05) is 6.54 Å². The van der Waals surface area contributed by atoms with Crippen LogP contribution in [-0.4, -0.2) is 24.4 Å². The number of nitrogens with one attached hydrogen (secondary N) is 2. The molecule has 2 N–H and O–H groups in total. The Morgan fingerprint density at radius 1 is 1.53 bits per heavy atom. The highest BCUT2D eigenvalue weighted by Gasteiger charge is 2.17. The van der Waals surface area contributed by atoms with Gasteiger partial charge in [0, 0.05) is 30.0 Å². The molecule has 0 aromatic carbocycles. The fourth-order valence-corrected chi connectivity index (χ4v) is 2.55. The molecule has 4 nitrogen and oxygen atoms in total. The second-order valence-electron chi connectivity index (χ2n) is 4.23. The molecule has 1 aromatic rings. The first-order chi connectivity index (χ1) is 8.25. The number of hydrogen-bond donors (Lipinski definition) is 2. The molecule has 2 rings (SSSR count). The summed E-state index contributed by atoms with van der Waals surface area (Å²) in [5.41, 5.74) is 0.690. The van der Waals surface area contributed by atoms with Gasteiger partial charge >= 0.3 is 0 Å². The van der Waals surface area contributed by atoms with E-state index < -0.39 is 0 Å². The Hall–Kier alpha value is -1.36. The third kappa shape index (κ3) is 3.56. The van der Waals surface area contributed by atoms with E-state index in [0.717, 1.165) is 19.3 Å². The van der Waals surface area contributed by atoms with Gasteiger partial charge in [0.25, 0.3) is 5.91 Å². The third-order valence-electron chi connectivity index (χ3n) is 2.86. The molecule has 0 radical (unpaired) electrons. The lowest BCUT2D eigenvalue weighted by Crippen LogP contribution is -2.42. The molecule has 92 valence electrons. The molecule has 17 heavy (non-hydrogen) atoms. The Bertz CT molecular complexity index is 389. The number of carbonyl (C=O) groups is 2. The minimum absolute atomic E-state index is 0.0651. The van der Waals surface area contributed by atoms with E-state index >= 15 is 0 Å². The smallest absolute Gasteiger partial charge is 0.252 e. The lowest BCUT2D eigenvalue weighted by Gasteiger charge is -2.16. The fraction of sp³-hybridized carbons (Fsp3) is 0.500. The van der Waals surface area contributed by atoms with Gasteiger partial charge < -0.3 is 10.6 Å². The van der Waals surface area contributed by atoms with Crippen LogP contribution in [-0.2, 0) is 4.79 Å². The summed E-state index contributed by atoms with van der Waals surface area (Å²) >= 11 is 1.50. The highest BCUT2D eigenvalue weighted by Crippen LogP contribution is 2.09. The van der Waals surface area contributed by atoms with Gasteiger partial charge in [-0.3, -0.25) is 9.59 Å². The van der Waals surface area contributed by atoms with Crippen LogP contribution in [0.4, 0.5) is 0 Å². The molecule has 2 amide bonds.